The van der Waals surface area contributed by atoms with Gasteiger partial charge < -0.3 is 29.7 Å². The monoisotopic (exact) mass is 397 g/mol. The molecule has 13 heteroatoms. The molecule has 23 heavy (non-hydrogen) atoms. The topological polar surface area (TPSA) is 169 Å². The maximum atomic E-state index is 10.4. The van der Waals surface area contributed by atoms with Crippen LogP contribution in [-0.4, -0.2) is 74.9 Å². The van der Waals surface area contributed by atoms with Gasteiger partial charge in [-0.3, -0.25) is 4.28 Å². The van der Waals surface area contributed by atoms with Gasteiger partial charge in [0, 0.05) is 6.42 Å². The van der Waals surface area contributed by atoms with E-state index in [2.05, 4.69) is 16.0 Å². The van der Waals surface area contributed by atoms with Crippen molar-refractivity contribution in [3.05, 3.63) is 12.7 Å². The molecular weight excluding hydrogens is 381 g/mol. The quantitative estimate of drug-likeness (QED) is 0.0647. The van der Waals surface area contributed by atoms with E-state index in [-0.39, 0.29) is 62.8 Å². The van der Waals surface area contributed by atoms with Gasteiger partial charge in [-0.05, 0) is 0 Å². The minimum absolute atomic E-state index is 0. The molecule has 0 spiro atoms. The zero-order chi connectivity index (χ0) is 16.9. The number of oxime groups is 1. The standard InChI is InChI=1S/C10H17NO9S2.K/c1-2-3-6(11-20-22(16,17)18)21-10-9(15)8(14)7(13)5(4-12)19-10;/h2,5,7-10,12-15H,1,3-4H2,(H,16,17,18);/q;+1/p-1. The van der Waals surface area contributed by atoms with Gasteiger partial charge in [0.25, 0.3) is 10.4 Å². The number of hydrogen-bond donors (Lipinski definition) is 4. The van der Waals surface area contributed by atoms with E-state index < -0.39 is 46.9 Å². The number of aliphatic hydroxyl groups is 4. The summed E-state index contributed by atoms with van der Waals surface area (Å²) < 4.78 is 40.1. The van der Waals surface area contributed by atoms with Gasteiger partial charge in [-0.15, -0.1) is 6.58 Å². The molecule has 0 aliphatic carbocycles. The molecule has 1 fully saturated rings. The molecule has 0 bridgehead atoms. The van der Waals surface area contributed by atoms with Crippen LogP contribution in [0.4, 0.5) is 0 Å². The predicted molar refractivity (Wildman–Crippen MR) is 74.4 cm³/mol. The van der Waals surface area contributed by atoms with Crippen molar-refractivity contribution in [2.75, 3.05) is 6.61 Å². The maximum absolute atomic E-state index is 10.4. The number of rotatable bonds is 6. The Bertz CT molecular complexity index is 512. The minimum Gasteiger partial charge on any atom is -0.714 e. The molecule has 0 radical (unpaired) electrons. The second kappa shape index (κ2) is 10.8. The van der Waals surface area contributed by atoms with Crippen LogP contribution in [-0.2, 0) is 19.4 Å². The van der Waals surface area contributed by atoms with Gasteiger partial charge in [-0.25, -0.2) is 0 Å². The number of thioether (sulfide) groups is 1. The van der Waals surface area contributed by atoms with Gasteiger partial charge in [0.15, 0.2) is 0 Å². The molecule has 1 aliphatic rings. The van der Waals surface area contributed by atoms with Crippen LogP contribution in [0.1, 0.15) is 6.42 Å². The Hall–Kier alpha value is 0.906. The fraction of sp³-hybridized carbons (Fsp3) is 0.700. The summed E-state index contributed by atoms with van der Waals surface area (Å²) in [7, 11) is -5.04. The van der Waals surface area contributed by atoms with Crippen LogP contribution in [0.25, 0.3) is 0 Å². The molecule has 0 amide bonds. The summed E-state index contributed by atoms with van der Waals surface area (Å²) >= 11 is 0.660. The first kappa shape index (κ1) is 23.9. The molecule has 0 aromatic carbocycles. The Morgan fingerprint density at radius 1 is 1.35 bits per heavy atom. The first-order valence-corrected chi connectivity index (χ1v) is 8.20. The Morgan fingerprint density at radius 3 is 2.43 bits per heavy atom. The van der Waals surface area contributed by atoms with Gasteiger partial charge in [0.2, 0.25) is 0 Å². The number of ether oxygens (including phenoxy) is 1. The molecule has 1 heterocycles. The van der Waals surface area contributed by atoms with Crippen LogP contribution >= 0.6 is 11.8 Å². The maximum Gasteiger partial charge on any atom is 1.00 e. The summed E-state index contributed by atoms with van der Waals surface area (Å²) in [5, 5.41) is 41.2. The van der Waals surface area contributed by atoms with E-state index in [4.69, 9.17) is 9.84 Å². The summed E-state index contributed by atoms with van der Waals surface area (Å²) in [6, 6.07) is 0. The molecule has 1 aliphatic heterocycles. The molecular formula is C10H16KNO9S2. The zero-order valence-electron chi connectivity index (χ0n) is 12.2. The van der Waals surface area contributed by atoms with Gasteiger partial charge in [0.1, 0.15) is 34.9 Å². The van der Waals surface area contributed by atoms with Gasteiger partial charge in [-0.1, -0.05) is 23.0 Å². The van der Waals surface area contributed by atoms with Crippen LogP contribution in [0.5, 0.6) is 0 Å². The average molecular weight is 397 g/mol. The van der Waals surface area contributed by atoms with Gasteiger partial charge >= 0.3 is 51.4 Å². The smallest absolute Gasteiger partial charge is 0.714 e. The van der Waals surface area contributed by atoms with Crippen molar-refractivity contribution < 1.29 is 93.8 Å². The fourth-order valence-electron chi connectivity index (χ4n) is 1.62. The van der Waals surface area contributed by atoms with Gasteiger partial charge in [0.05, 0.1) is 6.61 Å². The number of aliphatic hydroxyl groups excluding tert-OH is 4. The first-order chi connectivity index (χ1) is 10.2. The normalized spacial score (nSPS) is 32.0. The largest absolute Gasteiger partial charge is 1.00 e. The average Bonchev–Trinajstić information content (AvgIpc) is 2.44. The predicted octanol–water partition coefficient (Wildman–Crippen LogP) is -5.11. The second-order valence-electron chi connectivity index (χ2n) is 4.28. The Labute approximate surface area is 179 Å². The van der Waals surface area contributed by atoms with Crippen LogP contribution in [0.15, 0.2) is 17.8 Å². The molecule has 0 aromatic heterocycles. The van der Waals surface area contributed by atoms with E-state index in [1.54, 1.807) is 0 Å². The summed E-state index contributed by atoms with van der Waals surface area (Å²) in [5.74, 6) is 0. The molecule has 1 rings (SSSR count). The molecule has 1 saturated heterocycles. The van der Waals surface area contributed by atoms with Crippen molar-refractivity contribution in [1.82, 2.24) is 0 Å². The van der Waals surface area contributed by atoms with Crippen molar-refractivity contribution in [3.8, 4) is 0 Å². The van der Waals surface area contributed by atoms with Crippen LogP contribution in [0.2, 0.25) is 0 Å². The van der Waals surface area contributed by atoms with Crippen molar-refractivity contribution in [2.45, 2.75) is 36.3 Å². The zero-order valence-corrected chi connectivity index (χ0v) is 16.9. The van der Waals surface area contributed by atoms with E-state index >= 15 is 0 Å². The number of allylic oxidation sites excluding steroid dienone is 1. The molecule has 128 valence electrons. The van der Waals surface area contributed by atoms with Gasteiger partial charge in [-0.2, -0.15) is 8.42 Å². The van der Waals surface area contributed by atoms with Crippen molar-refractivity contribution in [2.24, 2.45) is 5.16 Å². The Kier molecular flexibility index (Phi) is 11.2. The molecule has 0 aromatic rings. The molecule has 5 unspecified atom stereocenters. The van der Waals surface area contributed by atoms with E-state index in [9.17, 15) is 28.3 Å². The summed E-state index contributed by atoms with van der Waals surface area (Å²) in [6.45, 7) is 2.80. The van der Waals surface area contributed by atoms with E-state index in [1.165, 1.54) is 6.08 Å². The van der Waals surface area contributed by atoms with E-state index in [0.717, 1.165) is 0 Å². The summed E-state index contributed by atoms with van der Waals surface area (Å²) in [5.41, 5.74) is -1.17. The molecule has 10 nitrogen and oxygen atoms in total. The third-order valence-electron chi connectivity index (χ3n) is 2.65. The van der Waals surface area contributed by atoms with E-state index in [1.807, 2.05) is 0 Å². The minimum atomic E-state index is -5.04. The third-order valence-corrected chi connectivity index (χ3v) is 4.04. The van der Waals surface area contributed by atoms with Crippen molar-refractivity contribution >= 4 is 27.2 Å². The Balaban J connectivity index is 0.00000484. The van der Waals surface area contributed by atoms with Crippen molar-refractivity contribution in [1.29, 1.82) is 0 Å². The van der Waals surface area contributed by atoms with Crippen LogP contribution in [0.3, 0.4) is 0 Å². The second-order valence-corrected chi connectivity index (χ2v) is 6.41. The molecule has 4 N–H and O–H groups in total. The van der Waals surface area contributed by atoms with E-state index in [0.29, 0.717) is 11.8 Å². The molecule has 0 saturated carbocycles. The number of nitrogens with zero attached hydrogens (tertiary/aromatic N) is 1. The summed E-state index contributed by atoms with van der Waals surface area (Å²) in [6.07, 6.45) is -4.44. The Morgan fingerprint density at radius 2 is 1.96 bits per heavy atom. The fourth-order valence-corrected chi connectivity index (χ4v) is 2.91. The SMILES string of the molecule is C=CCC(=NOS(=O)(=O)[O-])SC1OC(CO)C(O)C(O)C1O.[K+]. The van der Waals surface area contributed by atoms with Crippen LogP contribution < -0.4 is 51.4 Å². The first-order valence-electron chi connectivity index (χ1n) is 5.99. The number of hydrogen-bond acceptors (Lipinski definition) is 11. The van der Waals surface area contributed by atoms with Crippen LogP contribution in [0, 0.1) is 0 Å². The third kappa shape index (κ3) is 7.77. The van der Waals surface area contributed by atoms with Crippen molar-refractivity contribution in [3.63, 3.8) is 0 Å². The summed E-state index contributed by atoms with van der Waals surface area (Å²) in [4.78, 5) is 0. The molecule has 5 atom stereocenters.